The van der Waals surface area contributed by atoms with Crippen LogP contribution in [0.2, 0.25) is 0 Å². The van der Waals surface area contributed by atoms with Gasteiger partial charge in [0.05, 0.1) is 6.61 Å². The smallest absolute Gasteiger partial charge is 0.462 e. The van der Waals surface area contributed by atoms with Crippen LogP contribution in [0.25, 0.3) is 0 Å². The summed E-state index contributed by atoms with van der Waals surface area (Å²) in [7, 11) is -4.75. The molecule has 0 aliphatic heterocycles. The minimum absolute atomic E-state index is 0.211. The number of phosphoric ester groups is 1. The number of carbonyl (C=O) groups is 2. The van der Waals surface area contributed by atoms with Gasteiger partial charge in [0, 0.05) is 12.8 Å². The zero-order chi connectivity index (χ0) is 35.4. The Bertz CT molecular complexity index is 838. The Morgan fingerprint density at radius 3 is 1.27 bits per heavy atom. The van der Waals surface area contributed by atoms with Gasteiger partial charge in [0.1, 0.15) is 6.61 Å². The predicted molar refractivity (Wildman–Crippen MR) is 198 cm³/mol. The molecule has 0 saturated heterocycles. The molecule has 0 bridgehead atoms. The third-order valence-electron chi connectivity index (χ3n) is 8.44. The summed E-state index contributed by atoms with van der Waals surface area (Å²) in [5.74, 6) is -0.886. The molecule has 0 unspecified atom stereocenters. The van der Waals surface area contributed by atoms with Gasteiger partial charge >= 0.3 is 19.8 Å². The highest BCUT2D eigenvalue weighted by molar-refractivity contribution is 7.46. The number of unbranched alkanes of at least 4 members (excludes halogenated alkanes) is 22. The van der Waals surface area contributed by atoms with Crippen molar-refractivity contribution in [2.24, 2.45) is 0 Å². The van der Waals surface area contributed by atoms with Crippen molar-refractivity contribution in [2.45, 2.75) is 200 Å². The lowest BCUT2D eigenvalue weighted by atomic mass is 10.1. The Morgan fingerprint density at radius 1 is 0.521 bits per heavy atom. The highest BCUT2D eigenvalue weighted by Crippen LogP contribution is 2.36. The molecule has 0 spiro atoms. The summed E-state index contributed by atoms with van der Waals surface area (Å²) in [5.41, 5.74) is 0. The van der Waals surface area contributed by atoms with E-state index >= 15 is 0 Å². The third-order valence-corrected chi connectivity index (χ3v) is 8.93. The summed E-state index contributed by atoms with van der Waals surface area (Å²) in [5, 5.41) is 0. The number of carbonyl (C=O) groups excluding carboxylic acids is 2. The molecule has 0 fully saturated rings. The number of hydrogen-bond donors (Lipinski definition) is 2. The van der Waals surface area contributed by atoms with E-state index in [1.165, 1.54) is 122 Å². The maximum Gasteiger partial charge on any atom is 0.469 e. The Hall–Kier alpha value is -1.47. The van der Waals surface area contributed by atoms with E-state index in [9.17, 15) is 14.2 Å². The van der Waals surface area contributed by atoms with Crippen LogP contribution < -0.4 is 0 Å². The quantitative estimate of drug-likeness (QED) is 0.0287. The number of phosphoric acid groups is 1. The van der Waals surface area contributed by atoms with Gasteiger partial charge in [0.15, 0.2) is 6.10 Å². The predicted octanol–water partition coefficient (Wildman–Crippen LogP) is 11.6. The molecule has 48 heavy (non-hydrogen) atoms. The minimum Gasteiger partial charge on any atom is -0.462 e. The average Bonchev–Trinajstić information content (AvgIpc) is 3.05. The van der Waals surface area contributed by atoms with Gasteiger partial charge in [-0.2, -0.15) is 0 Å². The van der Waals surface area contributed by atoms with Gasteiger partial charge in [-0.05, 0) is 51.4 Å². The zero-order valence-electron chi connectivity index (χ0n) is 30.9. The van der Waals surface area contributed by atoms with Crippen LogP contribution in [0, 0.1) is 0 Å². The molecule has 0 aromatic rings. The minimum atomic E-state index is -4.75. The second-order valence-electron chi connectivity index (χ2n) is 13.2. The van der Waals surface area contributed by atoms with E-state index < -0.39 is 32.5 Å². The van der Waals surface area contributed by atoms with Gasteiger partial charge in [-0.3, -0.25) is 14.1 Å². The van der Waals surface area contributed by atoms with Crippen molar-refractivity contribution >= 4 is 19.8 Å². The van der Waals surface area contributed by atoms with Gasteiger partial charge in [-0.25, -0.2) is 4.57 Å². The van der Waals surface area contributed by atoms with Crippen LogP contribution in [0.5, 0.6) is 0 Å². The summed E-state index contributed by atoms with van der Waals surface area (Å²) < 4.78 is 26.3. The Kier molecular flexibility index (Phi) is 34.3. The van der Waals surface area contributed by atoms with Gasteiger partial charge in [0.25, 0.3) is 0 Å². The van der Waals surface area contributed by atoms with E-state index in [0.717, 1.165) is 38.5 Å². The van der Waals surface area contributed by atoms with Crippen LogP contribution in [-0.4, -0.2) is 41.0 Å². The fourth-order valence-electron chi connectivity index (χ4n) is 5.45. The lowest BCUT2D eigenvalue weighted by Gasteiger charge is -2.18. The molecule has 1 atom stereocenters. The molecular weight excluding hydrogens is 627 g/mol. The van der Waals surface area contributed by atoms with Gasteiger partial charge < -0.3 is 19.3 Å². The zero-order valence-corrected chi connectivity index (χ0v) is 31.8. The molecule has 8 nitrogen and oxygen atoms in total. The fraction of sp³-hybridized carbons (Fsp3) is 0.846. The van der Waals surface area contributed by atoms with Crippen LogP contribution in [-0.2, 0) is 28.2 Å². The summed E-state index contributed by atoms with van der Waals surface area (Å²) in [6.45, 7) is 3.63. The summed E-state index contributed by atoms with van der Waals surface area (Å²) >= 11 is 0. The highest BCUT2D eigenvalue weighted by atomic mass is 31.2. The van der Waals surface area contributed by atoms with Crippen LogP contribution in [0.4, 0.5) is 0 Å². The molecule has 0 aromatic carbocycles. The van der Waals surface area contributed by atoms with Crippen molar-refractivity contribution in [3.05, 3.63) is 24.3 Å². The number of ether oxygens (including phenoxy) is 2. The summed E-state index contributed by atoms with van der Waals surface area (Å²) in [4.78, 5) is 42.7. The molecule has 0 aliphatic carbocycles. The molecule has 0 radical (unpaired) electrons. The number of esters is 2. The van der Waals surface area contributed by atoms with E-state index in [-0.39, 0.29) is 19.4 Å². The topological polar surface area (TPSA) is 119 Å². The van der Waals surface area contributed by atoms with Crippen molar-refractivity contribution in [2.75, 3.05) is 13.2 Å². The first kappa shape index (κ1) is 46.5. The van der Waals surface area contributed by atoms with Crippen molar-refractivity contribution < 1.29 is 37.9 Å². The largest absolute Gasteiger partial charge is 0.469 e. The molecule has 0 heterocycles. The van der Waals surface area contributed by atoms with Crippen LogP contribution in [0.15, 0.2) is 24.3 Å². The SMILES string of the molecule is CCCC/C=C/CCCCCCCCCCCC(=O)OC[C@H](COP(=O)(O)O)OC(=O)CCCCCCCCCCC/C=C/CCCC. The monoisotopic (exact) mass is 701 g/mol. The molecule has 0 aliphatic rings. The standard InChI is InChI=1S/C39H73O8P/c1-3-5-7-9-11-13-15-17-19-21-23-25-27-29-31-33-38(40)45-35-37(36-46-48(42,43)44)47-39(41)34-32-30-28-26-24-22-20-18-16-14-12-10-8-6-4-2/h9-12,37H,3-8,13-36H2,1-2H3,(H2,42,43,44)/b11-9+,12-10+/t37-/m1/s1. The van der Waals surface area contributed by atoms with Gasteiger partial charge in [-0.15, -0.1) is 0 Å². The van der Waals surface area contributed by atoms with E-state index in [4.69, 9.17) is 19.3 Å². The maximum absolute atomic E-state index is 12.4. The van der Waals surface area contributed by atoms with E-state index in [2.05, 4.69) is 42.7 Å². The first-order chi connectivity index (χ1) is 23.3. The molecular formula is C39H73O8P. The normalized spacial score (nSPS) is 12.7. The average molecular weight is 701 g/mol. The van der Waals surface area contributed by atoms with E-state index in [1.807, 2.05) is 0 Å². The van der Waals surface area contributed by atoms with Crippen molar-refractivity contribution in [1.82, 2.24) is 0 Å². The van der Waals surface area contributed by atoms with Crippen LogP contribution >= 0.6 is 7.82 Å². The van der Waals surface area contributed by atoms with Crippen molar-refractivity contribution in [3.8, 4) is 0 Å². The lowest BCUT2D eigenvalue weighted by Crippen LogP contribution is -2.29. The second kappa shape index (κ2) is 35.4. The Balaban J connectivity index is 3.93. The summed E-state index contributed by atoms with van der Waals surface area (Å²) in [6, 6.07) is 0. The Labute approximate surface area is 294 Å². The van der Waals surface area contributed by atoms with Crippen molar-refractivity contribution in [1.29, 1.82) is 0 Å². The maximum atomic E-state index is 12.4. The molecule has 0 aromatic heterocycles. The fourth-order valence-corrected chi connectivity index (χ4v) is 5.81. The van der Waals surface area contributed by atoms with Crippen LogP contribution in [0.1, 0.15) is 194 Å². The van der Waals surface area contributed by atoms with Gasteiger partial charge in [0.2, 0.25) is 0 Å². The molecule has 0 saturated carbocycles. The van der Waals surface area contributed by atoms with Crippen molar-refractivity contribution in [3.63, 3.8) is 0 Å². The number of rotatable bonds is 36. The second-order valence-corrected chi connectivity index (χ2v) is 14.5. The molecule has 282 valence electrons. The molecule has 0 rings (SSSR count). The van der Waals surface area contributed by atoms with E-state index in [0.29, 0.717) is 6.42 Å². The van der Waals surface area contributed by atoms with E-state index in [1.54, 1.807) is 0 Å². The summed E-state index contributed by atoms with van der Waals surface area (Å²) in [6.07, 6.45) is 38.9. The van der Waals surface area contributed by atoms with Crippen LogP contribution in [0.3, 0.4) is 0 Å². The first-order valence-corrected chi connectivity index (χ1v) is 21.2. The third kappa shape index (κ3) is 37.4. The van der Waals surface area contributed by atoms with Gasteiger partial charge in [-0.1, -0.05) is 154 Å². The first-order valence-electron chi connectivity index (χ1n) is 19.6. The number of allylic oxidation sites excluding steroid dienone is 4. The Morgan fingerprint density at radius 2 is 0.875 bits per heavy atom. The molecule has 2 N–H and O–H groups in total. The highest BCUT2D eigenvalue weighted by Gasteiger charge is 2.22. The molecule has 0 amide bonds. The molecule has 9 heteroatoms. The number of hydrogen-bond acceptors (Lipinski definition) is 6. The lowest BCUT2D eigenvalue weighted by molar-refractivity contribution is -0.161.